The van der Waals surface area contributed by atoms with Crippen molar-refractivity contribution >= 4 is 5.97 Å². The normalized spacial score (nSPS) is 16.7. The van der Waals surface area contributed by atoms with Gasteiger partial charge in [0.2, 0.25) is 6.54 Å². The summed E-state index contributed by atoms with van der Waals surface area (Å²) < 4.78 is 34.9. The number of carbonyl (C=O) groups is 1. The second kappa shape index (κ2) is 3.55. The maximum Gasteiger partial charge on any atom is 0.498 e. The van der Waals surface area contributed by atoms with Gasteiger partial charge in [-0.15, -0.1) is 0 Å². The molecule has 0 amide bonds. The van der Waals surface area contributed by atoms with Gasteiger partial charge in [0.1, 0.15) is 6.54 Å². The monoisotopic (exact) mass is 195 g/mol. The summed E-state index contributed by atoms with van der Waals surface area (Å²) in [4.78, 5) is 14.8. The van der Waals surface area contributed by atoms with E-state index in [-0.39, 0.29) is 13.1 Å². The third-order valence-corrected chi connectivity index (χ3v) is 1.19. The highest BCUT2D eigenvalue weighted by Gasteiger charge is 2.45. The maximum absolute atomic E-state index is 11.6. The minimum atomic E-state index is -4.98. The lowest BCUT2D eigenvalue weighted by Crippen LogP contribution is -2.30. The molecule has 0 spiro atoms. The molecule has 1 rings (SSSR count). The minimum Gasteiger partial charge on any atom is -0.233 e. The number of carbonyl (C=O) groups excluding carboxylic acids is 1. The average Bonchev–Trinajstić information content (AvgIpc) is 2.04. The third-order valence-electron chi connectivity index (χ3n) is 1.19. The number of halogens is 3. The van der Waals surface area contributed by atoms with Crippen LogP contribution in [-0.4, -0.2) is 30.1 Å². The van der Waals surface area contributed by atoms with E-state index in [1.54, 1.807) is 12.2 Å². The third kappa shape index (κ3) is 2.85. The SMILES string of the molecule is O=C(O[N+]1=NCC=CC1)C(F)(F)F. The molecule has 13 heavy (non-hydrogen) atoms. The van der Waals surface area contributed by atoms with Crippen LogP contribution in [0.2, 0.25) is 0 Å². The summed E-state index contributed by atoms with van der Waals surface area (Å²) in [6.07, 6.45) is -1.77. The number of hydroxylamine groups is 1. The van der Waals surface area contributed by atoms with Gasteiger partial charge in [0.15, 0.2) is 0 Å². The lowest BCUT2D eigenvalue weighted by Gasteiger charge is -2.01. The van der Waals surface area contributed by atoms with Gasteiger partial charge in [-0.2, -0.15) is 18.0 Å². The first-order chi connectivity index (χ1) is 6.00. The summed E-state index contributed by atoms with van der Waals surface area (Å²) in [5, 5.41) is 3.49. The highest BCUT2D eigenvalue weighted by molar-refractivity contribution is 5.74. The molecule has 0 atom stereocenters. The van der Waals surface area contributed by atoms with Crippen LogP contribution in [-0.2, 0) is 9.63 Å². The van der Waals surface area contributed by atoms with Crippen molar-refractivity contribution in [3.05, 3.63) is 12.2 Å². The van der Waals surface area contributed by atoms with Crippen molar-refractivity contribution in [3.8, 4) is 0 Å². The maximum atomic E-state index is 11.6. The molecule has 0 saturated carbocycles. The molecule has 0 unspecified atom stereocenters. The van der Waals surface area contributed by atoms with Crippen LogP contribution in [0.15, 0.2) is 17.3 Å². The van der Waals surface area contributed by atoms with E-state index in [2.05, 4.69) is 9.95 Å². The predicted octanol–water partition coefficient (Wildman–Crippen LogP) is 1.04. The molecule has 1 heterocycles. The highest BCUT2D eigenvalue weighted by atomic mass is 19.4. The Bertz CT molecular complexity index is 270. The Morgan fingerprint density at radius 1 is 1.46 bits per heavy atom. The molecule has 0 aromatic rings. The van der Waals surface area contributed by atoms with Crippen LogP contribution in [0.3, 0.4) is 0 Å². The van der Waals surface area contributed by atoms with Crippen molar-refractivity contribution in [1.82, 2.24) is 0 Å². The van der Waals surface area contributed by atoms with Crippen LogP contribution in [0, 0.1) is 0 Å². The van der Waals surface area contributed by atoms with Crippen LogP contribution < -0.4 is 0 Å². The van der Waals surface area contributed by atoms with Gasteiger partial charge in [-0.1, -0.05) is 6.08 Å². The molecule has 0 N–H and O–H groups in total. The predicted molar refractivity (Wildman–Crippen MR) is 33.7 cm³/mol. The summed E-state index contributed by atoms with van der Waals surface area (Å²) >= 11 is 0. The van der Waals surface area contributed by atoms with Gasteiger partial charge in [0, 0.05) is 5.11 Å². The number of rotatable bonds is 1. The van der Waals surface area contributed by atoms with Crippen molar-refractivity contribution in [2.75, 3.05) is 13.1 Å². The van der Waals surface area contributed by atoms with Gasteiger partial charge < -0.3 is 0 Å². The fraction of sp³-hybridized carbons (Fsp3) is 0.500. The molecule has 0 aromatic heterocycles. The summed E-state index contributed by atoms with van der Waals surface area (Å²) in [7, 11) is 0. The van der Waals surface area contributed by atoms with Gasteiger partial charge in [-0.3, -0.25) is 0 Å². The number of alkyl halides is 3. The van der Waals surface area contributed by atoms with E-state index in [1.165, 1.54) is 0 Å². The Morgan fingerprint density at radius 2 is 2.15 bits per heavy atom. The average molecular weight is 195 g/mol. The number of hydrogen-bond donors (Lipinski definition) is 0. The zero-order chi connectivity index (χ0) is 9.90. The molecule has 0 bridgehead atoms. The van der Waals surface area contributed by atoms with Crippen LogP contribution in [0.1, 0.15) is 0 Å². The molecule has 1 aliphatic rings. The topological polar surface area (TPSA) is 41.7 Å². The van der Waals surface area contributed by atoms with Crippen molar-refractivity contribution in [1.29, 1.82) is 0 Å². The highest BCUT2D eigenvalue weighted by Crippen LogP contribution is 2.16. The molecule has 1 aliphatic heterocycles. The van der Waals surface area contributed by atoms with Gasteiger partial charge in [-0.05, 0) is 6.08 Å². The number of azo groups is 1. The first kappa shape index (κ1) is 9.69. The van der Waals surface area contributed by atoms with E-state index in [9.17, 15) is 18.0 Å². The molecule has 0 radical (unpaired) electrons. The molecule has 0 fully saturated rings. The van der Waals surface area contributed by atoms with Crippen molar-refractivity contribution < 1.29 is 27.7 Å². The number of nitrogens with zero attached hydrogens (tertiary/aromatic N) is 2. The van der Waals surface area contributed by atoms with Crippen molar-refractivity contribution in [3.63, 3.8) is 0 Å². The first-order valence-corrected chi connectivity index (χ1v) is 3.39. The largest absolute Gasteiger partial charge is 0.498 e. The van der Waals surface area contributed by atoms with Gasteiger partial charge in [0.05, 0.1) is 4.86 Å². The molecule has 0 aliphatic carbocycles. The van der Waals surface area contributed by atoms with E-state index in [4.69, 9.17) is 0 Å². The fourth-order valence-corrected chi connectivity index (χ4v) is 0.649. The Hall–Kier alpha value is -1.40. The fourth-order valence-electron chi connectivity index (χ4n) is 0.649. The van der Waals surface area contributed by atoms with Gasteiger partial charge >= 0.3 is 12.1 Å². The standard InChI is InChI=1S/C6H6F3N2O2/c7-6(8,9)5(12)13-11-4-2-1-3-10-11/h1-2H,3-4H2/q+1. The van der Waals surface area contributed by atoms with Crippen LogP contribution in [0.25, 0.3) is 0 Å². The Labute approximate surface area is 71.3 Å². The second-order valence-electron chi connectivity index (χ2n) is 2.21. The van der Waals surface area contributed by atoms with E-state index < -0.39 is 12.1 Å². The minimum absolute atomic E-state index is 0.0435. The number of hydrogen-bond acceptors (Lipinski definition) is 3. The van der Waals surface area contributed by atoms with E-state index in [0.29, 0.717) is 4.86 Å². The molecule has 7 heteroatoms. The van der Waals surface area contributed by atoms with Gasteiger partial charge in [0.25, 0.3) is 0 Å². The Morgan fingerprint density at radius 3 is 2.62 bits per heavy atom. The zero-order valence-electron chi connectivity index (χ0n) is 6.41. The second-order valence-corrected chi connectivity index (χ2v) is 2.21. The van der Waals surface area contributed by atoms with Gasteiger partial charge in [-0.25, -0.2) is 4.79 Å². The first-order valence-electron chi connectivity index (χ1n) is 3.39. The Balaban J connectivity index is 2.50. The summed E-state index contributed by atoms with van der Waals surface area (Å²) in [6.45, 7) is 0.257. The van der Waals surface area contributed by atoms with E-state index in [0.717, 1.165) is 0 Å². The van der Waals surface area contributed by atoms with Crippen LogP contribution in [0.4, 0.5) is 13.2 Å². The molecule has 4 nitrogen and oxygen atoms in total. The molecule has 0 aromatic carbocycles. The van der Waals surface area contributed by atoms with Crippen LogP contribution in [0.5, 0.6) is 0 Å². The smallest absolute Gasteiger partial charge is 0.233 e. The summed E-state index contributed by atoms with van der Waals surface area (Å²) in [5.74, 6) is -2.26. The lowest BCUT2D eigenvalue weighted by atomic mass is 10.5. The Kier molecular flexibility index (Phi) is 2.64. The molecule has 0 saturated heterocycles. The molecular weight excluding hydrogens is 189 g/mol. The van der Waals surface area contributed by atoms with Crippen LogP contribution >= 0.6 is 0 Å². The molecular formula is C6H6F3N2O2+. The van der Waals surface area contributed by atoms with E-state index in [1.807, 2.05) is 0 Å². The summed E-state index contributed by atoms with van der Waals surface area (Å²) in [5.41, 5.74) is 0. The van der Waals surface area contributed by atoms with E-state index >= 15 is 0 Å². The lowest BCUT2D eigenvalue weighted by molar-refractivity contribution is -0.807. The zero-order valence-corrected chi connectivity index (χ0v) is 6.41. The quantitative estimate of drug-likeness (QED) is 0.463. The van der Waals surface area contributed by atoms with Crippen molar-refractivity contribution in [2.45, 2.75) is 6.18 Å². The van der Waals surface area contributed by atoms with Crippen molar-refractivity contribution in [2.24, 2.45) is 5.11 Å². The molecule has 72 valence electrons. The summed E-state index contributed by atoms with van der Waals surface area (Å²) in [6, 6.07) is 0.